The molecule has 6 heteroatoms. The Bertz CT molecular complexity index is 799. The number of fused-ring (bicyclic) bond motifs is 1. The van der Waals surface area contributed by atoms with Crippen molar-refractivity contribution in [3.05, 3.63) is 53.9 Å². The van der Waals surface area contributed by atoms with Crippen molar-refractivity contribution >= 4 is 33.3 Å². The molecule has 1 amide bonds. The number of aryl methyl sites for hydroxylation is 1. The van der Waals surface area contributed by atoms with E-state index < -0.39 is 0 Å². The zero-order valence-corrected chi connectivity index (χ0v) is 13.0. The highest BCUT2D eigenvalue weighted by molar-refractivity contribution is 7.13. The number of anilines is 1. The average molecular weight is 312 g/mol. The van der Waals surface area contributed by atoms with Crippen LogP contribution < -0.4 is 10.6 Å². The third kappa shape index (κ3) is 3.07. The van der Waals surface area contributed by atoms with Crippen LogP contribution in [0.3, 0.4) is 0 Å². The maximum atomic E-state index is 12.0. The minimum absolute atomic E-state index is 0.101. The van der Waals surface area contributed by atoms with Crippen LogP contribution in [0.1, 0.15) is 15.9 Å². The molecule has 0 saturated heterocycles. The molecule has 2 aromatic heterocycles. The Kier molecular flexibility index (Phi) is 4.29. The molecule has 0 aliphatic carbocycles. The van der Waals surface area contributed by atoms with Crippen LogP contribution in [-0.2, 0) is 0 Å². The van der Waals surface area contributed by atoms with Gasteiger partial charge in [-0.3, -0.25) is 9.78 Å². The second-order valence-corrected chi connectivity index (χ2v) is 5.71. The van der Waals surface area contributed by atoms with E-state index in [2.05, 4.69) is 20.0 Å². The smallest absolute Gasteiger partial charge is 0.253 e. The molecule has 5 nitrogen and oxygen atoms in total. The van der Waals surface area contributed by atoms with E-state index in [0.717, 1.165) is 21.5 Å². The van der Waals surface area contributed by atoms with Crippen LogP contribution in [0.5, 0.6) is 0 Å². The van der Waals surface area contributed by atoms with Crippen molar-refractivity contribution in [1.82, 2.24) is 14.7 Å². The van der Waals surface area contributed by atoms with Crippen molar-refractivity contribution < 1.29 is 4.79 Å². The van der Waals surface area contributed by atoms with Crippen LogP contribution in [0.2, 0.25) is 0 Å². The standard InChI is InChI=1S/C16H16N4OS/c1-11-6-7-17-10-13(11)16(21)19-9-8-18-15-12-4-2-3-5-14(12)22-20-15/h2-7,10H,8-9H2,1H3,(H,18,20)(H,19,21). The van der Waals surface area contributed by atoms with Gasteiger partial charge in [0.05, 0.1) is 10.3 Å². The number of aromatic nitrogens is 2. The molecule has 0 fully saturated rings. The molecule has 1 aromatic carbocycles. The van der Waals surface area contributed by atoms with Gasteiger partial charge in [0.25, 0.3) is 5.91 Å². The molecule has 0 spiro atoms. The van der Waals surface area contributed by atoms with E-state index in [9.17, 15) is 4.79 Å². The van der Waals surface area contributed by atoms with Gasteiger partial charge in [0, 0.05) is 30.9 Å². The average Bonchev–Trinajstić information content (AvgIpc) is 2.95. The second-order valence-electron chi connectivity index (χ2n) is 4.90. The quantitative estimate of drug-likeness (QED) is 0.711. The molecule has 0 aliphatic rings. The van der Waals surface area contributed by atoms with Crippen LogP contribution >= 0.6 is 11.5 Å². The molecule has 22 heavy (non-hydrogen) atoms. The summed E-state index contributed by atoms with van der Waals surface area (Å²) in [7, 11) is 0. The molecule has 0 aliphatic heterocycles. The molecule has 112 valence electrons. The number of nitrogens with zero attached hydrogens (tertiary/aromatic N) is 2. The molecule has 3 rings (SSSR count). The highest BCUT2D eigenvalue weighted by atomic mass is 32.1. The normalized spacial score (nSPS) is 10.6. The summed E-state index contributed by atoms with van der Waals surface area (Å²) in [6.07, 6.45) is 3.27. The summed E-state index contributed by atoms with van der Waals surface area (Å²) in [5.41, 5.74) is 1.53. The van der Waals surface area contributed by atoms with Crippen molar-refractivity contribution in [2.75, 3.05) is 18.4 Å². The monoisotopic (exact) mass is 312 g/mol. The number of carbonyl (C=O) groups excluding carboxylic acids is 1. The molecular weight excluding hydrogens is 296 g/mol. The van der Waals surface area contributed by atoms with E-state index in [1.807, 2.05) is 37.3 Å². The summed E-state index contributed by atoms with van der Waals surface area (Å²) >= 11 is 1.47. The van der Waals surface area contributed by atoms with Gasteiger partial charge in [-0.1, -0.05) is 12.1 Å². The first kappa shape index (κ1) is 14.5. The van der Waals surface area contributed by atoms with Gasteiger partial charge >= 0.3 is 0 Å². The number of rotatable bonds is 5. The fraction of sp³-hybridized carbons (Fsp3) is 0.188. The van der Waals surface area contributed by atoms with Gasteiger partial charge in [-0.2, -0.15) is 4.37 Å². The fourth-order valence-corrected chi connectivity index (χ4v) is 2.92. The molecule has 3 aromatic rings. The number of nitrogens with one attached hydrogen (secondary N) is 2. The van der Waals surface area contributed by atoms with Gasteiger partial charge in [-0.25, -0.2) is 0 Å². The summed E-state index contributed by atoms with van der Waals surface area (Å²) in [6, 6.07) is 9.91. The highest BCUT2D eigenvalue weighted by Crippen LogP contribution is 2.25. The largest absolute Gasteiger partial charge is 0.367 e. The van der Waals surface area contributed by atoms with Crippen molar-refractivity contribution in [3.63, 3.8) is 0 Å². The van der Waals surface area contributed by atoms with E-state index >= 15 is 0 Å². The Morgan fingerprint density at radius 3 is 2.95 bits per heavy atom. The minimum Gasteiger partial charge on any atom is -0.367 e. The molecule has 2 heterocycles. The first-order valence-electron chi connectivity index (χ1n) is 7.03. The number of hydrogen-bond donors (Lipinski definition) is 2. The maximum Gasteiger partial charge on any atom is 0.253 e. The minimum atomic E-state index is -0.101. The van der Waals surface area contributed by atoms with E-state index in [-0.39, 0.29) is 5.91 Å². The summed E-state index contributed by atoms with van der Waals surface area (Å²) in [4.78, 5) is 16.0. The van der Waals surface area contributed by atoms with Crippen LogP contribution in [0, 0.1) is 6.92 Å². The number of pyridine rings is 1. The highest BCUT2D eigenvalue weighted by Gasteiger charge is 2.08. The van der Waals surface area contributed by atoms with Crippen LogP contribution in [0.25, 0.3) is 10.1 Å². The summed E-state index contributed by atoms with van der Waals surface area (Å²) in [5.74, 6) is 0.767. The SMILES string of the molecule is Cc1ccncc1C(=O)NCCNc1nsc2ccccc12. The maximum absolute atomic E-state index is 12.0. The molecule has 0 saturated carbocycles. The van der Waals surface area contributed by atoms with Gasteiger partial charge < -0.3 is 10.6 Å². The number of amides is 1. The van der Waals surface area contributed by atoms with E-state index in [1.54, 1.807) is 12.4 Å². The molecule has 0 bridgehead atoms. The lowest BCUT2D eigenvalue weighted by Crippen LogP contribution is -2.29. The Hall–Kier alpha value is -2.47. The molecule has 0 unspecified atom stereocenters. The van der Waals surface area contributed by atoms with Gasteiger partial charge in [0.1, 0.15) is 5.82 Å². The van der Waals surface area contributed by atoms with Crippen LogP contribution in [-0.4, -0.2) is 28.4 Å². The first-order chi connectivity index (χ1) is 10.8. The van der Waals surface area contributed by atoms with Gasteiger partial charge in [-0.05, 0) is 42.2 Å². The lowest BCUT2D eigenvalue weighted by atomic mass is 10.1. The van der Waals surface area contributed by atoms with Crippen LogP contribution in [0.4, 0.5) is 5.82 Å². The number of benzene rings is 1. The first-order valence-corrected chi connectivity index (χ1v) is 7.80. The zero-order valence-electron chi connectivity index (χ0n) is 12.2. The van der Waals surface area contributed by atoms with E-state index in [0.29, 0.717) is 18.7 Å². The predicted octanol–water partition coefficient (Wildman–Crippen LogP) is 2.84. The predicted molar refractivity (Wildman–Crippen MR) is 89.4 cm³/mol. The summed E-state index contributed by atoms with van der Waals surface area (Å²) in [5, 5.41) is 7.26. The number of carbonyl (C=O) groups is 1. The van der Waals surface area contributed by atoms with E-state index in [1.165, 1.54) is 11.5 Å². The van der Waals surface area contributed by atoms with Crippen molar-refractivity contribution in [1.29, 1.82) is 0 Å². The third-order valence-corrected chi connectivity index (χ3v) is 4.19. The molecule has 2 N–H and O–H groups in total. The molecular formula is C16H16N4OS. The molecule has 0 atom stereocenters. The second kappa shape index (κ2) is 6.53. The van der Waals surface area contributed by atoms with Crippen molar-refractivity contribution in [2.45, 2.75) is 6.92 Å². The van der Waals surface area contributed by atoms with Gasteiger partial charge in [0.15, 0.2) is 0 Å². The van der Waals surface area contributed by atoms with Gasteiger partial charge in [-0.15, -0.1) is 0 Å². The summed E-state index contributed by atoms with van der Waals surface area (Å²) < 4.78 is 5.54. The van der Waals surface area contributed by atoms with E-state index in [4.69, 9.17) is 0 Å². The fourth-order valence-electron chi connectivity index (χ4n) is 2.17. The van der Waals surface area contributed by atoms with Crippen molar-refractivity contribution in [2.24, 2.45) is 0 Å². The summed E-state index contributed by atoms with van der Waals surface area (Å²) in [6.45, 7) is 3.05. The third-order valence-electron chi connectivity index (χ3n) is 3.36. The van der Waals surface area contributed by atoms with Crippen LogP contribution in [0.15, 0.2) is 42.7 Å². The zero-order chi connectivity index (χ0) is 15.4. The molecule has 0 radical (unpaired) electrons. The Morgan fingerprint density at radius 2 is 2.09 bits per heavy atom. The topological polar surface area (TPSA) is 66.9 Å². The van der Waals surface area contributed by atoms with Gasteiger partial charge in [0.2, 0.25) is 0 Å². The lowest BCUT2D eigenvalue weighted by molar-refractivity contribution is 0.0954. The Labute approximate surface area is 132 Å². The Morgan fingerprint density at radius 1 is 1.23 bits per heavy atom. The van der Waals surface area contributed by atoms with Crippen molar-refractivity contribution in [3.8, 4) is 0 Å². The number of hydrogen-bond acceptors (Lipinski definition) is 5. The Balaban J connectivity index is 1.54. The lowest BCUT2D eigenvalue weighted by Gasteiger charge is -2.08.